The van der Waals surface area contributed by atoms with E-state index in [0.29, 0.717) is 22.8 Å². The number of methoxy groups -OCH3 is 2. The second-order valence-corrected chi connectivity index (χ2v) is 6.53. The van der Waals surface area contributed by atoms with Crippen LogP contribution in [-0.4, -0.2) is 32.1 Å². The molecular formula is C19H21BrN2O5. The number of halogens is 1. The molecule has 0 aromatic heterocycles. The first kappa shape index (κ1) is 20.6. The van der Waals surface area contributed by atoms with E-state index < -0.39 is 12.0 Å². The second kappa shape index (κ2) is 9.82. The van der Waals surface area contributed by atoms with Crippen molar-refractivity contribution in [2.75, 3.05) is 14.2 Å². The standard InChI is InChI=1S/C19H21BrN2O5/c1-12(27-16-6-4-5-14(20)10-16)19(24)22-21-18(23)9-13-7-8-15(25-2)11-17(13)26-3/h4-8,10-12H,9H2,1-3H3,(H,21,23)(H,22,24). The predicted molar refractivity (Wildman–Crippen MR) is 104 cm³/mol. The van der Waals surface area contributed by atoms with E-state index in [1.54, 1.807) is 50.4 Å². The molecule has 2 N–H and O–H groups in total. The molecule has 0 aliphatic heterocycles. The maximum Gasteiger partial charge on any atom is 0.279 e. The lowest BCUT2D eigenvalue weighted by atomic mass is 10.1. The minimum atomic E-state index is -0.782. The zero-order valence-electron chi connectivity index (χ0n) is 15.2. The lowest BCUT2D eigenvalue weighted by molar-refractivity contribution is -0.132. The van der Waals surface area contributed by atoms with Crippen molar-refractivity contribution in [2.24, 2.45) is 0 Å². The second-order valence-electron chi connectivity index (χ2n) is 5.61. The molecule has 0 spiro atoms. The Morgan fingerprint density at radius 3 is 2.48 bits per heavy atom. The van der Waals surface area contributed by atoms with Crippen LogP contribution in [-0.2, 0) is 16.0 Å². The summed E-state index contributed by atoms with van der Waals surface area (Å²) in [4.78, 5) is 24.2. The molecule has 2 amide bonds. The summed E-state index contributed by atoms with van der Waals surface area (Å²) in [6.45, 7) is 1.59. The van der Waals surface area contributed by atoms with Crippen molar-refractivity contribution in [3.05, 3.63) is 52.5 Å². The SMILES string of the molecule is COc1ccc(CC(=O)NNC(=O)C(C)Oc2cccc(Br)c2)c(OC)c1. The number of rotatable bonds is 7. The van der Waals surface area contributed by atoms with Crippen LogP contribution in [0.3, 0.4) is 0 Å². The van der Waals surface area contributed by atoms with Gasteiger partial charge in [-0.2, -0.15) is 0 Å². The molecular weight excluding hydrogens is 416 g/mol. The van der Waals surface area contributed by atoms with Gasteiger partial charge in [0.05, 0.1) is 20.6 Å². The molecule has 144 valence electrons. The fourth-order valence-corrected chi connectivity index (χ4v) is 2.62. The predicted octanol–water partition coefficient (Wildman–Crippen LogP) is 2.62. The summed E-state index contributed by atoms with van der Waals surface area (Å²) < 4.78 is 16.8. The fourth-order valence-electron chi connectivity index (χ4n) is 2.25. The Bertz CT molecular complexity index is 812. The van der Waals surface area contributed by atoms with Crippen molar-refractivity contribution in [3.8, 4) is 17.2 Å². The summed E-state index contributed by atoms with van der Waals surface area (Å²) in [5.74, 6) is 0.845. The Balaban J connectivity index is 1.86. The lowest BCUT2D eigenvalue weighted by Crippen LogP contribution is -2.47. The Morgan fingerprint density at radius 2 is 1.81 bits per heavy atom. The van der Waals surface area contributed by atoms with Gasteiger partial charge in [-0.3, -0.25) is 20.4 Å². The lowest BCUT2D eigenvalue weighted by Gasteiger charge is -2.15. The van der Waals surface area contributed by atoms with E-state index in [1.807, 2.05) is 6.07 Å². The molecule has 2 aromatic rings. The number of amides is 2. The summed E-state index contributed by atoms with van der Waals surface area (Å²) in [5.41, 5.74) is 5.40. The van der Waals surface area contributed by atoms with Gasteiger partial charge in [0.1, 0.15) is 17.2 Å². The van der Waals surface area contributed by atoms with Gasteiger partial charge in [-0.05, 0) is 31.2 Å². The average molecular weight is 437 g/mol. The van der Waals surface area contributed by atoms with E-state index in [4.69, 9.17) is 14.2 Å². The van der Waals surface area contributed by atoms with E-state index in [-0.39, 0.29) is 12.3 Å². The molecule has 27 heavy (non-hydrogen) atoms. The number of carbonyl (C=O) groups excluding carboxylic acids is 2. The van der Waals surface area contributed by atoms with E-state index in [0.717, 1.165) is 4.47 Å². The molecule has 1 atom stereocenters. The highest BCUT2D eigenvalue weighted by atomic mass is 79.9. The minimum Gasteiger partial charge on any atom is -0.497 e. The van der Waals surface area contributed by atoms with Crippen molar-refractivity contribution in [3.63, 3.8) is 0 Å². The normalized spacial score (nSPS) is 11.3. The monoisotopic (exact) mass is 436 g/mol. The Labute approximate surface area is 166 Å². The molecule has 0 aliphatic rings. The molecule has 0 saturated heterocycles. The maximum atomic E-state index is 12.1. The van der Waals surface area contributed by atoms with Crippen LogP contribution in [0.1, 0.15) is 12.5 Å². The van der Waals surface area contributed by atoms with Crippen LogP contribution in [0.5, 0.6) is 17.2 Å². The van der Waals surface area contributed by atoms with Gasteiger partial charge in [0.25, 0.3) is 5.91 Å². The quantitative estimate of drug-likeness (QED) is 0.651. The average Bonchev–Trinajstić information content (AvgIpc) is 2.66. The topological polar surface area (TPSA) is 85.9 Å². The maximum absolute atomic E-state index is 12.1. The first-order valence-corrected chi connectivity index (χ1v) is 8.94. The first-order chi connectivity index (χ1) is 12.9. The molecule has 0 aliphatic carbocycles. The van der Waals surface area contributed by atoms with Gasteiger partial charge >= 0.3 is 0 Å². The summed E-state index contributed by atoms with van der Waals surface area (Å²) in [5, 5.41) is 0. The molecule has 2 rings (SSSR count). The number of ether oxygens (including phenoxy) is 3. The number of benzene rings is 2. The zero-order valence-corrected chi connectivity index (χ0v) is 16.8. The number of carbonyl (C=O) groups is 2. The first-order valence-electron chi connectivity index (χ1n) is 8.14. The van der Waals surface area contributed by atoms with Crippen LogP contribution >= 0.6 is 15.9 Å². The molecule has 0 bridgehead atoms. The largest absolute Gasteiger partial charge is 0.497 e. The van der Waals surface area contributed by atoms with Crippen molar-refractivity contribution in [1.82, 2.24) is 10.9 Å². The molecule has 1 unspecified atom stereocenters. The number of nitrogens with one attached hydrogen (secondary N) is 2. The molecule has 8 heteroatoms. The van der Waals surface area contributed by atoms with Gasteiger partial charge in [0.2, 0.25) is 5.91 Å². The number of hydrazine groups is 1. The van der Waals surface area contributed by atoms with E-state index in [1.165, 1.54) is 7.11 Å². The molecule has 0 radical (unpaired) electrons. The number of hydrogen-bond donors (Lipinski definition) is 2. The molecule has 0 saturated carbocycles. The Morgan fingerprint density at radius 1 is 1.04 bits per heavy atom. The highest BCUT2D eigenvalue weighted by molar-refractivity contribution is 9.10. The Hall–Kier alpha value is -2.74. The molecule has 0 fully saturated rings. The third kappa shape index (κ3) is 6.18. The van der Waals surface area contributed by atoms with Gasteiger partial charge in [-0.1, -0.05) is 28.1 Å². The van der Waals surface area contributed by atoms with Crippen molar-refractivity contribution < 1.29 is 23.8 Å². The van der Waals surface area contributed by atoms with Crippen LogP contribution in [0.15, 0.2) is 46.9 Å². The van der Waals surface area contributed by atoms with Crippen molar-refractivity contribution >= 4 is 27.7 Å². The van der Waals surface area contributed by atoms with Crippen molar-refractivity contribution in [1.29, 1.82) is 0 Å². The van der Waals surface area contributed by atoms with Crippen LogP contribution in [0.4, 0.5) is 0 Å². The molecule has 2 aromatic carbocycles. The van der Waals surface area contributed by atoms with E-state index >= 15 is 0 Å². The van der Waals surface area contributed by atoms with Gasteiger partial charge < -0.3 is 14.2 Å². The summed E-state index contributed by atoms with van der Waals surface area (Å²) >= 11 is 3.34. The third-order valence-corrected chi connectivity index (χ3v) is 4.14. The van der Waals surface area contributed by atoms with Crippen molar-refractivity contribution in [2.45, 2.75) is 19.4 Å². The van der Waals surface area contributed by atoms with Gasteiger partial charge in [0.15, 0.2) is 6.10 Å². The summed E-state index contributed by atoms with van der Waals surface area (Å²) in [6, 6.07) is 12.3. The van der Waals surface area contributed by atoms with Gasteiger partial charge in [-0.15, -0.1) is 0 Å². The van der Waals surface area contributed by atoms with Crippen LogP contribution in [0, 0.1) is 0 Å². The Kier molecular flexibility index (Phi) is 7.48. The summed E-state index contributed by atoms with van der Waals surface area (Å²) in [6.07, 6.45) is -0.746. The van der Waals surface area contributed by atoms with Gasteiger partial charge in [-0.25, -0.2) is 0 Å². The molecule has 0 heterocycles. The van der Waals surface area contributed by atoms with E-state index in [9.17, 15) is 9.59 Å². The van der Waals surface area contributed by atoms with Crippen LogP contribution in [0.25, 0.3) is 0 Å². The van der Waals surface area contributed by atoms with E-state index in [2.05, 4.69) is 26.8 Å². The zero-order chi connectivity index (χ0) is 19.8. The summed E-state index contributed by atoms with van der Waals surface area (Å²) in [7, 11) is 3.06. The van der Waals surface area contributed by atoms with Crippen LogP contribution < -0.4 is 25.1 Å². The third-order valence-electron chi connectivity index (χ3n) is 3.65. The minimum absolute atomic E-state index is 0.0360. The highest BCUT2D eigenvalue weighted by Crippen LogP contribution is 2.24. The highest BCUT2D eigenvalue weighted by Gasteiger charge is 2.16. The fraction of sp³-hybridized carbons (Fsp3) is 0.263. The smallest absolute Gasteiger partial charge is 0.279 e. The van der Waals surface area contributed by atoms with Crippen LogP contribution in [0.2, 0.25) is 0 Å². The van der Waals surface area contributed by atoms with Gasteiger partial charge in [0, 0.05) is 16.1 Å². The molecule has 7 nitrogen and oxygen atoms in total. The number of hydrogen-bond acceptors (Lipinski definition) is 5.